The molecule has 1 fully saturated rings. The summed E-state index contributed by atoms with van der Waals surface area (Å²) in [7, 11) is 0. The number of likely N-dealkylation sites (tertiary alicyclic amines) is 1. The van der Waals surface area contributed by atoms with E-state index >= 15 is 0 Å². The Bertz CT molecular complexity index is 830. The molecule has 25 heavy (non-hydrogen) atoms. The number of carboxylic acid groups (broad SMARTS) is 1. The number of benzene rings is 1. The molecule has 0 radical (unpaired) electrons. The van der Waals surface area contributed by atoms with Gasteiger partial charge in [-0.15, -0.1) is 0 Å². The lowest BCUT2D eigenvalue weighted by molar-refractivity contribution is -0.136. The molecule has 2 aromatic rings. The first-order chi connectivity index (χ1) is 11.9. The maximum absolute atomic E-state index is 13.1. The second-order valence-electron chi connectivity index (χ2n) is 6.12. The summed E-state index contributed by atoms with van der Waals surface area (Å²) in [6.07, 6.45) is 2.78. The number of halogens is 2. The Morgan fingerprint density at radius 3 is 2.76 bits per heavy atom. The van der Waals surface area contributed by atoms with Crippen LogP contribution in [0.2, 0.25) is 10.0 Å². The number of carbonyl (C=O) groups is 2. The zero-order chi connectivity index (χ0) is 18.1. The van der Waals surface area contributed by atoms with Crippen LogP contribution in [0.25, 0.3) is 0 Å². The fourth-order valence-electron chi connectivity index (χ4n) is 3.27. The number of aliphatic carboxylic acids is 1. The summed E-state index contributed by atoms with van der Waals surface area (Å²) >= 11 is 12.1. The lowest BCUT2D eigenvalue weighted by atomic mass is 10.0. The average molecular weight is 382 g/mol. The Labute approximate surface area is 155 Å². The summed E-state index contributed by atoms with van der Waals surface area (Å²) in [6.45, 7) is 2.34. The molecule has 5 nitrogen and oxygen atoms in total. The van der Waals surface area contributed by atoms with Crippen molar-refractivity contribution in [1.29, 1.82) is 0 Å². The van der Waals surface area contributed by atoms with Gasteiger partial charge in [0.05, 0.1) is 27.9 Å². The zero-order valence-corrected chi connectivity index (χ0v) is 15.1. The van der Waals surface area contributed by atoms with E-state index in [2.05, 4.69) is 0 Å². The van der Waals surface area contributed by atoms with E-state index in [0.29, 0.717) is 27.7 Å². The van der Waals surface area contributed by atoms with E-state index in [9.17, 15) is 9.59 Å². The molecule has 1 amide bonds. The van der Waals surface area contributed by atoms with Gasteiger partial charge in [0.25, 0.3) is 5.91 Å². The molecule has 0 spiro atoms. The highest BCUT2D eigenvalue weighted by molar-refractivity contribution is 6.42. The molecular formula is C18H17Cl2NO4. The lowest BCUT2D eigenvalue weighted by Crippen LogP contribution is -2.31. The number of aryl methyl sites for hydroxylation is 1. The molecule has 132 valence electrons. The molecule has 1 aliphatic heterocycles. The fourth-order valence-corrected chi connectivity index (χ4v) is 3.58. The van der Waals surface area contributed by atoms with Crippen LogP contribution in [-0.4, -0.2) is 28.4 Å². The Hall–Kier alpha value is -1.98. The van der Waals surface area contributed by atoms with Gasteiger partial charge in [0.2, 0.25) is 0 Å². The van der Waals surface area contributed by atoms with Crippen molar-refractivity contribution in [3.63, 3.8) is 0 Å². The number of furan rings is 1. The number of hydrogen-bond donors (Lipinski definition) is 1. The van der Waals surface area contributed by atoms with Crippen LogP contribution in [0.3, 0.4) is 0 Å². The molecule has 1 N–H and O–H groups in total. The van der Waals surface area contributed by atoms with Crippen molar-refractivity contribution >= 4 is 35.1 Å². The van der Waals surface area contributed by atoms with E-state index in [1.807, 2.05) is 6.07 Å². The Morgan fingerprint density at radius 2 is 2.08 bits per heavy atom. The molecule has 1 unspecified atom stereocenters. The first kappa shape index (κ1) is 17.8. The summed E-state index contributed by atoms with van der Waals surface area (Å²) in [4.78, 5) is 25.9. The summed E-state index contributed by atoms with van der Waals surface area (Å²) in [5.41, 5.74) is 1.90. The topological polar surface area (TPSA) is 70.7 Å². The summed E-state index contributed by atoms with van der Waals surface area (Å²) in [6, 6.07) is 5.25. The molecule has 1 atom stereocenters. The molecule has 1 aromatic heterocycles. The highest BCUT2D eigenvalue weighted by Gasteiger charge is 2.34. The molecule has 1 aromatic carbocycles. The van der Waals surface area contributed by atoms with Gasteiger partial charge in [0.1, 0.15) is 12.2 Å². The van der Waals surface area contributed by atoms with Crippen molar-refractivity contribution in [3.05, 3.63) is 57.0 Å². The number of rotatable bonds is 4. The molecule has 3 rings (SSSR count). The molecular weight excluding hydrogens is 365 g/mol. The molecule has 7 heteroatoms. The fraction of sp³-hybridized carbons (Fsp3) is 0.333. The van der Waals surface area contributed by atoms with Gasteiger partial charge in [-0.05, 0) is 37.5 Å². The highest BCUT2D eigenvalue weighted by atomic mass is 35.5. The van der Waals surface area contributed by atoms with E-state index < -0.39 is 5.97 Å². The molecule has 0 bridgehead atoms. The van der Waals surface area contributed by atoms with Gasteiger partial charge >= 0.3 is 5.97 Å². The maximum atomic E-state index is 13.1. The van der Waals surface area contributed by atoms with Crippen molar-refractivity contribution in [2.75, 3.05) is 6.54 Å². The van der Waals surface area contributed by atoms with Gasteiger partial charge < -0.3 is 14.4 Å². The standard InChI is InChI=1S/C18H17Cl2NO4/c1-10-9-25-15(8-16(22)23)17(10)18(24)21-6-2-3-14(21)11-4-5-12(19)13(20)7-11/h4-5,7,9,14H,2-3,6,8H2,1H3,(H,22,23). The van der Waals surface area contributed by atoms with Gasteiger partial charge in [-0.3, -0.25) is 9.59 Å². The molecule has 0 aliphatic carbocycles. The van der Waals surface area contributed by atoms with E-state index in [1.165, 1.54) is 6.26 Å². The second-order valence-corrected chi connectivity index (χ2v) is 6.93. The van der Waals surface area contributed by atoms with Crippen LogP contribution in [0.1, 0.15) is 46.1 Å². The van der Waals surface area contributed by atoms with Gasteiger partial charge in [-0.1, -0.05) is 29.3 Å². The third-order valence-corrected chi connectivity index (χ3v) is 5.16. The minimum atomic E-state index is -1.04. The van der Waals surface area contributed by atoms with Crippen LogP contribution in [0.4, 0.5) is 0 Å². The molecule has 1 aliphatic rings. The van der Waals surface area contributed by atoms with Crippen LogP contribution < -0.4 is 0 Å². The zero-order valence-electron chi connectivity index (χ0n) is 13.6. The van der Waals surface area contributed by atoms with Crippen molar-refractivity contribution in [1.82, 2.24) is 4.90 Å². The van der Waals surface area contributed by atoms with Crippen LogP contribution in [0.15, 0.2) is 28.9 Å². The van der Waals surface area contributed by atoms with Gasteiger partial charge in [0, 0.05) is 12.1 Å². The lowest BCUT2D eigenvalue weighted by Gasteiger charge is -2.25. The van der Waals surface area contributed by atoms with E-state index in [-0.39, 0.29) is 24.1 Å². The predicted molar refractivity (Wildman–Crippen MR) is 94.3 cm³/mol. The molecule has 2 heterocycles. The first-order valence-corrected chi connectivity index (χ1v) is 8.68. The molecule has 0 saturated carbocycles. The van der Waals surface area contributed by atoms with Crippen molar-refractivity contribution < 1.29 is 19.1 Å². The van der Waals surface area contributed by atoms with Gasteiger partial charge in [-0.2, -0.15) is 0 Å². The summed E-state index contributed by atoms with van der Waals surface area (Å²) < 4.78 is 5.30. The number of amides is 1. The third kappa shape index (κ3) is 3.53. The number of carbonyl (C=O) groups excluding carboxylic acids is 1. The van der Waals surface area contributed by atoms with Crippen LogP contribution >= 0.6 is 23.2 Å². The second kappa shape index (κ2) is 7.10. The summed E-state index contributed by atoms with van der Waals surface area (Å²) in [5.74, 6) is -1.06. The quantitative estimate of drug-likeness (QED) is 0.845. The average Bonchev–Trinajstić information content (AvgIpc) is 3.16. The van der Waals surface area contributed by atoms with Crippen molar-refractivity contribution in [2.45, 2.75) is 32.2 Å². The third-order valence-electron chi connectivity index (χ3n) is 4.42. The number of hydrogen-bond acceptors (Lipinski definition) is 3. The predicted octanol–water partition coefficient (Wildman–Crippen LogP) is 4.50. The number of carboxylic acids is 1. The number of nitrogens with zero attached hydrogens (tertiary/aromatic N) is 1. The van der Waals surface area contributed by atoms with Crippen molar-refractivity contribution in [3.8, 4) is 0 Å². The summed E-state index contributed by atoms with van der Waals surface area (Å²) in [5, 5.41) is 9.94. The van der Waals surface area contributed by atoms with Gasteiger partial charge in [0.15, 0.2) is 0 Å². The monoisotopic (exact) mass is 381 g/mol. The minimum absolute atomic E-state index is 0.116. The smallest absolute Gasteiger partial charge is 0.311 e. The highest BCUT2D eigenvalue weighted by Crippen LogP contribution is 2.36. The van der Waals surface area contributed by atoms with Crippen molar-refractivity contribution in [2.24, 2.45) is 0 Å². The van der Waals surface area contributed by atoms with E-state index in [1.54, 1.807) is 24.0 Å². The normalized spacial score (nSPS) is 17.1. The molecule has 1 saturated heterocycles. The SMILES string of the molecule is Cc1coc(CC(=O)O)c1C(=O)N1CCCC1c1ccc(Cl)c(Cl)c1. The maximum Gasteiger partial charge on any atom is 0.311 e. The largest absolute Gasteiger partial charge is 0.481 e. The minimum Gasteiger partial charge on any atom is -0.481 e. The Balaban J connectivity index is 1.92. The van der Waals surface area contributed by atoms with E-state index in [0.717, 1.165) is 18.4 Å². The van der Waals surface area contributed by atoms with Crippen LogP contribution in [0.5, 0.6) is 0 Å². The first-order valence-electron chi connectivity index (χ1n) is 7.93. The Morgan fingerprint density at radius 1 is 1.32 bits per heavy atom. The Kier molecular flexibility index (Phi) is 5.06. The van der Waals surface area contributed by atoms with E-state index in [4.69, 9.17) is 32.7 Å². The van der Waals surface area contributed by atoms with Crippen LogP contribution in [0, 0.1) is 6.92 Å². The van der Waals surface area contributed by atoms with Crippen LogP contribution in [-0.2, 0) is 11.2 Å². The van der Waals surface area contributed by atoms with Gasteiger partial charge in [-0.25, -0.2) is 0 Å².